The first-order valence-corrected chi connectivity index (χ1v) is 10.5. The Morgan fingerprint density at radius 3 is 2.55 bits per heavy atom. The summed E-state index contributed by atoms with van der Waals surface area (Å²) < 4.78 is 43.6. The Morgan fingerprint density at radius 2 is 2.00 bits per heavy atom. The third-order valence-electron chi connectivity index (χ3n) is 4.63. The lowest BCUT2D eigenvalue weighted by atomic mass is 10.0. The van der Waals surface area contributed by atoms with Crippen molar-refractivity contribution in [2.24, 2.45) is 0 Å². The molecule has 1 aromatic heterocycles. The maximum Gasteiger partial charge on any atom is 0.443 e. The Morgan fingerprint density at radius 1 is 1.32 bits per heavy atom. The summed E-state index contributed by atoms with van der Waals surface area (Å²) >= 11 is 0.444. The zero-order valence-corrected chi connectivity index (χ0v) is 18.0. The molecule has 2 unspecified atom stereocenters. The van der Waals surface area contributed by atoms with Crippen LogP contribution in [0.2, 0.25) is 0 Å². The van der Waals surface area contributed by atoms with Gasteiger partial charge in [-0.3, -0.25) is 9.69 Å². The van der Waals surface area contributed by atoms with Gasteiger partial charge in [0.15, 0.2) is 11.6 Å². The summed E-state index contributed by atoms with van der Waals surface area (Å²) in [6.45, 7) is 1.95. The summed E-state index contributed by atoms with van der Waals surface area (Å²) in [7, 11) is 1.52. The van der Waals surface area contributed by atoms with Crippen LogP contribution in [0.1, 0.15) is 29.3 Å². The van der Waals surface area contributed by atoms with E-state index in [1.165, 1.54) is 12.4 Å². The number of aliphatic hydroxyl groups is 2. The van der Waals surface area contributed by atoms with Gasteiger partial charge in [0, 0.05) is 31.6 Å². The predicted molar refractivity (Wildman–Crippen MR) is 110 cm³/mol. The van der Waals surface area contributed by atoms with Gasteiger partial charge in [-0.1, -0.05) is 12.1 Å². The van der Waals surface area contributed by atoms with E-state index in [1.807, 2.05) is 19.1 Å². The number of likely N-dealkylation sites (N-methyl/N-ethyl adjacent to an activating group) is 1. The molecule has 0 aliphatic heterocycles. The third kappa shape index (κ3) is 7.76. The van der Waals surface area contributed by atoms with E-state index in [-0.39, 0.29) is 43.9 Å². The van der Waals surface area contributed by atoms with Gasteiger partial charge in [-0.15, -0.1) is 11.3 Å². The average Bonchev–Trinajstić information content (AvgIpc) is 3.23. The zero-order chi connectivity index (χ0) is 23.0. The molecule has 0 radical (unpaired) electrons. The van der Waals surface area contributed by atoms with Gasteiger partial charge in [-0.05, 0) is 31.0 Å². The van der Waals surface area contributed by atoms with E-state index in [0.29, 0.717) is 23.5 Å². The molecule has 1 aromatic carbocycles. The number of rotatable bonds is 11. The smallest absolute Gasteiger partial charge is 0.443 e. The van der Waals surface area contributed by atoms with E-state index in [0.717, 1.165) is 5.56 Å². The number of nitrogens with one attached hydrogen (secondary N) is 1. The first-order chi connectivity index (χ1) is 14.6. The second-order valence-corrected chi connectivity index (χ2v) is 7.83. The van der Waals surface area contributed by atoms with Gasteiger partial charge < -0.3 is 20.3 Å². The van der Waals surface area contributed by atoms with E-state index >= 15 is 0 Å². The number of nitrogens with zero attached hydrogens (tertiary/aromatic N) is 2. The van der Waals surface area contributed by atoms with Crippen molar-refractivity contribution in [3.8, 4) is 5.75 Å². The monoisotopic (exact) mass is 461 g/mol. The lowest BCUT2D eigenvalue weighted by Crippen LogP contribution is -2.39. The number of halogens is 3. The number of hydrogen-bond donors (Lipinski definition) is 3. The Bertz CT molecular complexity index is 830. The number of thiazole rings is 1. The molecular formula is C20H26F3N3O4S. The van der Waals surface area contributed by atoms with Gasteiger partial charge >= 0.3 is 6.18 Å². The Hall–Kier alpha value is -2.21. The highest BCUT2D eigenvalue weighted by atomic mass is 32.1. The number of aliphatic hydroxyl groups excluding tert-OH is 2. The fourth-order valence-corrected chi connectivity index (χ4v) is 3.65. The maximum absolute atomic E-state index is 12.7. The van der Waals surface area contributed by atoms with Crippen molar-refractivity contribution < 1.29 is 32.9 Å². The van der Waals surface area contributed by atoms with E-state index in [2.05, 4.69) is 10.3 Å². The normalized spacial score (nSPS) is 13.8. The molecular weight excluding hydrogens is 435 g/mol. The SMILES string of the molecule is CNC(=O)COc1ccc(CC(C)N(CCO)CC(O)c2csc(C(F)(F)F)n2)cc1. The van der Waals surface area contributed by atoms with Gasteiger partial charge in [-0.25, -0.2) is 4.98 Å². The Balaban J connectivity index is 1.97. The van der Waals surface area contributed by atoms with Crippen LogP contribution in [0.3, 0.4) is 0 Å². The molecule has 2 aromatic rings. The molecule has 2 rings (SSSR count). The lowest BCUT2D eigenvalue weighted by molar-refractivity contribution is -0.137. The molecule has 0 bridgehead atoms. The first kappa shape index (κ1) is 25.1. The number of carbonyl (C=O) groups excluding carboxylic acids is 1. The highest BCUT2D eigenvalue weighted by Gasteiger charge is 2.35. The number of alkyl halides is 3. The van der Waals surface area contributed by atoms with E-state index in [9.17, 15) is 28.2 Å². The molecule has 3 N–H and O–H groups in total. The van der Waals surface area contributed by atoms with Crippen molar-refractivity contribution in [3.63, 3.8) is 0 Å². The summed E-state index contributed by atoms with van der Waals surface area (Å²) in [6, 6.07) is 7.06. The predicted octanol–water partition coefficient (Wildman–Crippen LogP) is 2.25. The van der Waals surface area contributed by atoms with Crippen LogP contribution < -0.4 is 10.1 Å². The number of ether oxygens (including phenoxy) is 1. The molecule has 11 heteroatoms. The fraction of sp³-hybridized carbons (Fsp3) is 0.500. The molecule has 7 nitrogen and oxygen atoms in total. The van der Waals surface area contributed by atoms with Crippen molar-refractivity contribution in [2.75, 3.05) is 33.4 Å². The zero-order valence-electron chi connectivity index (χ0n) is 17.2. The molecule has 0 saturated heterocycles. The second-order valence-electron chi connectivity index (χ2n) is 6.97. The fourth-order valence-electron chi connectivity index (χ4n) is 2.92. The van der Waals surface area contributed by atoms with Crippen molar-refractivity contribution in [1.82, 2.24) is 15.2 Å². The van der Waals surface area contributed by atoms with Crippen LogP contribution in [0.25, 0.3) is 0 Å². The minimum absolute atomic E-state index is 0.0370. The number of aromatic nitrogens is 1. The number of hydrogen-bond acceptors (Lipinski definition) is 7. The van der Waals surface area contributed by atoms with Crippen LogP contribution in [-0.2, 0) is 17.4 Å². The van der Waals surface area contributed by atoms with Crippen LogP contribution in [0.15, 0.2) is 29.6 Å². The van der Waals surface area contributed by atoms with Crippen LogP contribution >= 0.6 is 11.3 Å². The van der Waals surface area contributed by atoms with Crippen LogP contribution in [0.4, 0.5) is 13.2 Å². The van der Waals surface area contributed by atoms with Crippen molar-refractivity contribution >= 4 is 17.2 Å². The Labute approximate surface area is 182 Å². The number of amides is 1. The summed E-state index contributed by atoms with van der Waals surface area (Å²) in [5.74, 6) is 0.310. The standard InChI is InChI=1S/C20H26F3N3O4S/c1-13(9-14-3-5-15(6-4-14)30-11-18(29)24-2)26(7-8-27)10-17(28)16-12-31-19(25-16)20(21,22)23/h3-6,12-13,17,27-28H,7-11H2,1-2H3,(H,24,29). The van der Waals surface area contributed by atoms with E-state index < -0.39 is 17.3 Å². The highest BCUT2D eigenvalue weighted by molar-refractivity contribution is 7.09. The maximum atomic E-state index is 12.7. The second kappa shape index (κ2) is 11.4. The molecule has 172 valence electrons. The summed E-state index contributed by atoms with van der Waals surface area (Å²) in [6.07, 6.45) is -5.17. The first-order valence-electron chi connectivity index (χ1n) is 9.62. The molecule has 1 amide bonds. The van der Waals surface area contributed by atoms with E-state index in [4.69, 9.17) is 4.74 Å². The third-order valence-corrected chi connectivity index (χ3v) is 5.53. The van der Waals surface area contributed by atoms with Gasteiger partial charge in [0.25, 0.3) is 5.91 Å². The average molecular weight is 462 g/mol. The molecule has 0 saturated carbocycles. The number of carbonyl (C=O) groups is 1. The molecule has 0 aliphatic rings. The minimum atomic E-state index is -4.54. The van der Waals surface area contributed by atoms with Gasteiger partial charge in [0.1, 0.15) is 11.9 Å². The quantitative estimate of drug-likeness (QED) is 0.475. The highest BCUT2D eigenvalue weighted by Crippen LogP contribution is 2.33. The Kier molecular flexibility index (Phi) is 9.23. The molecule has 0 aliphatic carbocycles. The van der Waals surface area contributed by atoms with Crippen molar-refractivity contribution in [2.45, 2.75) is 31.7 Å². The van der Waals surface area contributed by atoms with Crippen molar-refractivity contribution in [3.05, 3.63) is 45.9 Å². The van der Waals surface area contributed by atoms with Crippen LogP contribution in [0.5, 0.6) is 5.75 Å². The summed E-state index contributed by atoms with van der Waals surface area (Å²) in [5, 5.41) is 22.4. The molecule has 0 fully saturated rings. The lowest BCUT2D eigenvalue weighted by Gasteiger charge is -2.30. The summed E-state index contributed by atoms with van der Waals surface area (Å²) in [4.78, 5) is 16.5. The van der Waals surface area contributed by atoms with Crippen LogP contribution in [0, 0.1) is 0 Å². The molecule has 2 atom stereocenters. The largest absolute Gasteiger partial charge is 0.484 e. The molecule has 0 spiro atoms. The molecule has 1 heterocycles. The molecule has 31 heavy (non-hydrogen) atoms. The summed E-state index contributed by atoms with van der Waals surface area (Å²) in [5.41, 5.74) is 0.926. The van der Waals surface area contributed by atoms with Gasteiger partial charge in [-0.2, -0.15) is 13.2 Å². The topological polar surface area (TPSA) is 94.9 Å². The van der Waals surface area contributed by atoms with Crippen molar-refractivity contribution in [1.29, 1.82) is 0 Å². The van der Waals surface area contributed by atoms with E-state index in [1.54, 1.807) is 17.0 Å². The number of benzene rings is 1. The minimum Gasteiger partial charge on any atom is -0.484 e. The van der Waals surface area contributed by atoms with Gasteiger partial charge in [0.2, 0.25) is 0 Å². The van der Waals surface area contributed by atoms with Gasteiger partial charge in [0.05, 0.1) is 12.3 Å². The van der Waals surface area contributed by atoms with Crippen LogP contribution in [-0.4, -0.2) is 65.4 Å².